The minimum absolute atomic E-state index is 0.0416. The SMILES string of the molecule is CCN(CC)C(=O)COc1ccc(C(F)C(=O)O)cc1. The number of rotatable bonds is 7. The highest BCUT2D eigenvalue weighted by molar-refractivity contribution is 5.77. The normalized spacial score (nSPS) is 11.8. The Hall–Kier alpha value is -2.11. The predicted octanol–water partition coefficient (Wildman–Crippen LogP) is 2.03. The molecule has 0 aliphatic heterocycles. The highest BCUT2D eigenvalue weighted by Crippen LogP contribution is 2.20. The van der Waals surface area contributed by atoms with Crippen LogP contribution in [-0.2, 0) is 9.59 Å². The first kappa shape index (κ1) is 15.9. The summed E-state index contributed by atoms with van der Waals surface area (Å²) in [5.74, 6) is -1.27. The van der Waals surface area contributed by atoms with Crippen molar-refractivity contribution in [3.05, 3.63) is 29.8 Å². The van der Waals surface area contributed by atoms with Gasteiger partial charge in [-0.3, -0.25) is 4.79 Å². The minimum atomic E-state index is -2.05. The molecule has 0 bridgehead atoms. The number of halogens is 1. The van der Waals surface area contributed by atoms with E-state index in [4.69, 9.17) is 9.84 Å². The smallest absolute Gasteiger partial charge is 0.343 e. The Balaban J connectivity index is 2.58. The topological polar surface area (TPSA) is 66.8 Å². The van der Waals surface area contributed by atoms with Gasteiger partial charge in [-0.15, -0.1) is 0 Å². The van der Waals surface area contributed by atoms with Crippen LogP contribution in [0.4, 0.5) is 4.39 Å². The molecule has 1 aromatic rings. The first-order chi connectivity index (χ1) is 9.49. The lowest BCUT2D eigenvalue weighted by atomic mass is 10.1. The lowest BCUT2D eigenvalue weighted by Gasteiger charge is -2.18. The highest BCUT2D eigenvalue weighted by atomic mass is 19.1. The maximum absolute atomic E-state index is 13.2. The fourth-order valence-electron chi connectivity index (χ4n) is 1.69. The molecule has 1 atom stereocenters. The molecule has 20 heavy (non-hydrogen) atoms. The van der Waals surface area contributed by atoms with Crippen molar-refractivity contribution in [3.8, 4) is 5.75 Å². The van der Waals surface area contributed by atoms with E-state index >= 15 is 0 Å². The van der Waals surface area contributed by atoms with Gasteiger partial charge in [0.1, 0.15) is 5.75 Å². The molecule has 1 unspecified atom stereocenters. The van der Waals surface area contributed by atoms with E-state index in [2.05, 4.69) is 0 Å². The summed E-state index contributed by atoms with van der Waals surface area (Å²) in [5, 5.41) is 8.54. The summed E-state index contributed by atoms with van der Waals surface area (Å²) < 4.78 is 18.5. The molecule has 5 nitrogen and oxygen atoms in total. The molecular formula is C14H18FNO4. The molecule has 1 N–H and O–H groups in total. The van der Waals surface area contributed by atoms with Crippen molar-refractivity contribution in [1.29, 1.82) is 0 Å². The molecule has 0 heterocycles. The van der Waals surface area contributed by atoms with Crippen LogP contribution in [0.3, 0.4) is 0 Å². The van der Waals surface area contributed by atoms with Crippen molar-refractivity contribution in [3.63, 3.8) is 0 Å². The zero-order valence-electron chi connectivity index (χ0n) is 11.5. The van der Waals surface area contributed by atoms with Gasteiger partial charge in [0.25, 0.3) is 5.91 Å². The van der Waals surface area contributed by atoms with Crippen molar-refractivity contribution in [1.82, 2.24) is 4.90 Å². The highest BCUT2D eigenvalue weighted by Gasteiger charge is 2.18. The number of carboxylic acid groups (broad SMARTS) is 1. The van der Waals surface area contributed by atoms with Crippen molar-refractivity contribution in [2.24, 2.45) is 0 Å². The van der Waals surface area contributed by atoms with Crippen molar-refractivity contribution in [2.75, 3.05) is 19.7 Å². The van der Waals surface area contributed by atoms with E-state index in [1.54, 1.807) is 4.90 Å². The van der Waals surface area contributed by atoms with Gasteiger partial charge in [-0.05, 0) is 31.5 Å². The van der Waals surface area contributed by atoms with Crippen LogP contribution in [0.15, 0.2) is 24.3 Å². The summed E-state index contributed by atoms with van der Waals surface area (Å²) in [4.78, 5) is 23.8. The van der Waals surface area contributed by atoms with E-state index < -0.39 is 12.1 Å². The summed E-state index contributed by atoms with van der Waals surface area (Å²) in [6.07, 6.45) is -2.05. The molecule has 0 saturated carbocycles. The Morgan fingerprint density at radius 3 is 2.25 bits per heavy atom. The molecule has 1 rings (SSSR count). The molecule has 0 fully saturated rings. The number of alkyl halides is 1. The van der Waals surface area contributed by atoms with Gasteiger partial charge in [0.2, 0.25) is 6.17 Å². The first-order valence-electron chi connectivity index (χ1n) is 6.37. The van der Waals surface area contributed by atoms with Crippen LogP contribution in [0.5, 0.6) is 5.75 Å². The molecule has 6 heteroatoms. The Labute approximate surface area is 117 Å². The van der Waals surface area contributed by atoms with Crippen LogP contribution in [0.1, 0.15) is 25.6 Å². The van der Waals surface area contributed by atoms with E-state index in [-0.39, 0.29) is 18.1 Å². The monoisotopic (exact) mass is 283 g/mol. The van der Waals surface area contributed by atoms with Crippen molar-refractivity contribution < 1.29 is 23.8 Å². The quantitative estimate of drug-likeness (QED) is 0.831. The maximum Gasteiger partial charge on any atom is 0.343 e. The van der Waals surface area contributed by atoms with Gasteiger partial charge in [0.15, 0.2) is 6.61 Å². The average molecular weight is 283 g/mol. The van der Waals surface area contributed by atoms with Crippen LogP contribution in [-0.4, -0.2) is 41.6 Å². The Kier molecular flexibility index (Phi) is 5.96. The number of carboxylic acids is 1. The second-order valence-corrected chi connectivity index (χ2v) is 4.12. The fraction of sp³-hybridized carbons (Fsp3) is 0.429. The van der Waals surface area contributed by atoms with Gasteiger partial charge >= 0.3 is 5.97 Å². The van der Waals surface area contributed by atoms with Crippen molar-refractivity contribution in [2.45, 2.75) is 20.0 Å². The largest absolute Gasteiger partial charge is 0.484 e. The number of carbonyl (C=O) groups excluding carboxylic acids is 1. The first-order valence-corrected chi connectivity index (χ1v) is 6.37. The summed E-state index contributed by atoms with van der Waals surface area (Å²) in [6.45, 7) is 4.88. The summed E-state index contributed by atoms with van der Waals surface area (Å²) in [6, 6.07) is 5.55. The summed E-state index contributed by atoms with van der Waals surface area (Å²) in [5.41, 5.74) is 0.0416. The van der Waals surface area contributed by atoms with Gasteiger partial charge in [0, 0.05) is 13.1 Å². The van der Waals surface area contributed by atoms with Gasteiger partial charge in [-0.1, -0.05) is 12.1 Å². The lowest BCUT2D eigenvalue weighted by Crippen LogP contribution is -2.34. The van der Waals surface area contributed by atoms with E-state index in [0.29, 0.717) is 18.8 Å². The van der Waals surface area contributed by atoms with Gasteiger partial charge in [-0.2, -0.15) is 0 Å². The van der Waals surface area contributed by atoms with Gasteiger partial charge in [-0.25, -0.2) is 9.18 Å². The van der Waals surface area contributed by atoms with E-state index in [9.17, 15) is 14.0 Å². The van der Waals surface area contributed by atoms with E-state index in [1.165, 1.54) is 24.3 Å². The average Bonchev–Trinajstić information content (AvgIpc) is 2.46. The number of ether oxygens (including phenoxy) is 1. The molecule has 0 aliphatic carbocycles. The Morgan fingerprint density at radius 1 is 1.25 bits per heavy atom. The van der Waals surface area contributed by atoms with Crippen molar-refractivity contribution >= 4 is 11.9 Å². The Morgan fingerprint density at radius 2 is 1.80 bits per heavy atom. The zero-order chi connectivity index (χ0) is 15.1. The lowest BCUT2D eigenvalue weighted by molar-refractivity contribution is -0.143. The molecule has 1 aromatic carbocycles. The number of nitrogens with zero attached hydrogens (tertiary/aromatic N) is 1. The number of benzene rings is 1. The number of amides is 1. The molecule has 0 aliphatic rings. The molecule has 0 saturated heterocycles. The molecular weight excluding hydrogens is 265 g/mol. The zero-order valence-corrected chi connectivity index (χ0v) is 11.5. The number of hydrogen-bond donors (Lipinski definition) is 1. The maximum atomic E-state index is 13.2. The summed E-state index contributed by atoms with van der Waals surface area (Å²) in [7, 11) is 0. The fourth-order valence-corrected chi connectivity index (χ4v) is 1.69. The molecule has 0 aromatic heterocycles. The summed E-state index contributed by atoms with van der Waals surface area (Å²) >= 11 is 0. The standard InChI is InChI=1S/C14H18FNO4/c1-3-16(4-2)12(17)9-20-11-7-5-10(6-8-11)13(15)14(18)19/h5-8,13H,3-4,9H2,1-2H3,(H,18,19). The Bertz CT molecular complexity index is 457. The third-order valence-corrected chi connectivity index (χ3v) is 2.87. The van der Waals surface area contributed by atoms with E-state index in [0.717, 1.165) is 0 Å². The molecule has 0 spiro atoms. The molecule has 1 amide bonds. The number of hydrogen-bond acceptors (Lipinski definition) is 3. The third-order valence-electron chi connectivity index (χ3n) is 2.87. The third kappa shape index (κ3) is 4.22. The van der Waals surface area contributed by atoms with Crippen LogP contribution in [0.25, 0.3) is 0 Å². The van der Waals surface area contributed by atoms with Gasteiger partial charge < -0.3 is 14.7 Å². The number of likely N-dealkylation sites (N-methyl/N-ethyl adjacent to an activating group) is 1. The minimum Gasteiger partial charge on any atom is -0.484 e. The predicted molar refractivity (Wildman–Crippen MR) is 71.3 cm³/mol. The van der Waals surface area contributed by atoms with Crippen LogP contribution < -0.4 is 4.74 Å². The number of carbonyl (C=O) groups is 2. The molecule has 0 radical (unpaired) electrons. The van der Waals surface area contributed by atoms with Crippen LogP contribution in [0, 0.1) is 0 Å². The second-order valence-electron chi connectivity index (χ2n) is 4.12. The molecule has 110 valence electrons. The number of aliphatic carboxylic acids is 1. The van der Waals surface area contributed by atoms with Crippen LogP contribution >= 0.6 is 0 Å². The van der Waals surface area contributed by atoms with E-state index in [1.807, 2.05) is 13.8 Å². The van der Waals surface area contributed by atoms with Crippen LogP contribution in [0.2, 0.25) is 0 Å². The second kappa shape index (κ2) is 7.47. The van der Waals surface area contributed by atoms with Gasteiger partial charge in [0.05, 0.1) is 0 Å².